The summed E-state index contributed by atoms with van der Waals surface area (Å²) < 4.78 is 0.887. The van der Waals surface area contributed by atoms with Crippen molar-refractivity contribution in [3.8, 4) is 0 Å². The van der Waals surface area contributed by atoms with Gasteiger partial charge in [-0.1, -0.05) is 54.0 Å². The molecule has 0 aromatic carbocycles. The highest BCUT2D eigenvalue weighted by Gasteiger charge is 2.15. The van der Waals surface area contributed by atoms with Crippen LogP contribution in [0.5, 0.6) is 0 Å². The monoisotopic (exact) mass is 343 g/mol. The fourth-order valence-electron chi connectivity index (χ4n) is 1.54. The topological polar surface area (TPSA) is 30.0 Å². The fourth-order valence-corrected chi connectivity index (χ4v) is 1.92. The van der Waals surface area contributed by atoms with E-state index in [1.807, 2.05) is 59.7 Å². The van der Waals surface area contributed by atoms with Crippen LogP contribution in [0.25, 0.3) is 0 Å². The molecule has 1 aromatic rings. The molecule has 1 heterocycles. The summed E-state index contributed by atoms with van der Waals surface area (Å²) in [5.74, 6) is 0. The lowest BCUT2D eigenvalue weighted by Crippen LogP contribution is -2.12. The highest BCUT2D eigenvalue weighted by atomic mass is 79.9. The van der Waals surface area contributed by atoms with Gasteiger partial charge in [-0.2, -0.15) is 0 Å². The highest BCUT2D eigenvalue weighted by molar-refractivity contribution is 9.10. The van der Waals surface area contributed by atoms with Crippen molar-refractivity contribution in [3.63, 3.8) is 0 Å². The molecule has 0 aliphatic heterocycles. The number of nitrogens with zero attached hydrogens (tertiary/aromatic N) is 1. The van der Waals surface area contributed by atoms with Crippen molar-refractivity contribution >= 4 is 22.2 Å². The summed E-state index contributed by atoms with van der Waals surface area (Å²) in [6, 6.07) is 5.97. The molecule has 0 aliphatic rings. The zero-order valence-corrected chi connectivity index (χ0v) is 15.5. The Morgan fingerprint density at radius 2 is 1.75 bits per heavy atom. The Morgan fingerprint density at radius 3 is 2.25 bits per heavy atom. The molecule has 0 saturated carbocycles. The van der Waals surface area contributed by atoms with E-state index in [9.17, 15) is 4.79 Å². The molecule has 3 heteroatoms. The molecule has 0 unspecified atom stereocenters. The second-order valence-electron chi connectivity index (χ2n) is 4.77. The smallest absolute Gasteiger partial charge is 0.125 e. The summed E-state index contributed by atoms with van der Waals surface area (Å²) in [5.41, 5.74) is 0.934. The van der Waals surface area contributed by atoms with Crippen molar-refractivity contribution in [1.82, 2.24) is 4.98 Å². The van der Waals surface area contributed by atoms with Crippen LogP contribution < -0.4 is 0 Å². The first-order chi connectivity index (χ1) is 9.53. The minimum Gasteiger partial charge on any atom is -0.303 e. The van der Waals surface area contributed by atoms with Gasteiger partial charge in [0.05, 0.1) is 0 Å². The van der Waals surface area contributed by atoms with E-state index in [4.69, 9.17) is 0 Å². The van der Waals surface area contributed by atoms with Crippen LogP contribution in [0, 0.1) is 5.41 Å². The molecule has 20 heavy (non-hydrogen) atoms. The van der Waals surface area contributed by atoms with E-state index in [1.54, 1.807) is 0 Å². The Bertz CT molecular complexity index is 351. The molecule has 116 valence electrons. The Balaban J connectivity index is 0. The third-order valence-electron chi connectivity index (χ3n) is 2.60. The molecule has 0 spiro atoms. The van der Waals surface area contributed by atoms with Crippen LogP contribution in [0.2, 0.25) is 0 Å². The number of rotatable bonds is 6. The van der Waals surface area contributed by atoms with Crippen LogP contribution in [-0.2, 0) is 11.2 Å². The second kappa shape index (κ2) is 13.3. The SMILES string of the molecule is CC.CC.CC(C)(C=O)CCCCc1cccc(Br)n1. The van der Waals surface area contributed by atoms with Gasteiger partial charge < -0.3 is 4.79 Å². The molecule has 0 aliphatic carbocycles. The number of halogens is 1. The highest BCUT2D eigenvalue weighted by Crippen LogP contribution is 2.20. The second-order valence-corrected chi connectivity index (χ2v) is 5.58. The summed E-state index contributed by atoms with van der Waals surface area (Å²) in [6.45, 7) is 12.0. The summed E-state index contributed by atoms with van der Waals surface area (Å²) >= 11 is 3.36. The maximum absolute atomic E-state index is 10.7. The lowest BCUT2D eigenvalue weighted by molar-refractivity contribution is -0.115. The van der Waals surface area contributed by atoms with Gasteiger partial charge in [-0.05, 0) is 47.3 Å². The van der Waals surface area contributed by atoms with Gasteiger partial charge in [0, 0.05) is 11.1 Å². The fraction of sp³-hybridized carbons (Fsp3) is 0.647. The molecular weight excluding hydrogens is 314 g/mol. The molecule has 0 bridgehead atoms. The van der Waals surface area contributed by atoms with Gasteiger partial charge in [0.15, 0.2) is 0 Å². The zero-order chi connectivity index (χ0) is 16.0. The van der Waals surface area contributed by atoms with Crippen molar-refractivity contribution in [2.24, 2.45) is 5.41 Å². The Hall–Kier alpha value is -0.700. The molecule has 0 amide bonds. The van der Waals surface area contributed by atoms with Crippen LogP contribution in [0.15, 0.2) is 22.8 Å². The summed E-state index contributed by atoms with van der Waals surface area (Å²) in [7, 11) is 0. The number of carbonyl (C=O) groups excluding carboxylic acids is 1. The van der Waals surface area contributed by atoms with E-state index in [2.05, 4.69) is 20.9 Å². The number of pyridine rings is 1. The third kappa shape index (κ3) is 11.2. The van der Waals surface area contributed by atoms with Crippen molar-refractivity contribution in [2.75, 3.05) is 0 Å². The maximum atomic E-state index is 10.7. The van der Waals surface area contributed by atoms with Gasteiger partial charge >= 0.3 is 0 Å². The average molecular weight is 344 g/mol. The maximum Gasteiger partial charge on any atom is 0.125 e. The molecule has 2 nitrogen and oxygen atoms in total. The number of carbonyl (C=O) groups is 1. The molecule has 0 atom stereocenters. The van der Waals surface area contributed by atoms with E-state index < -0.39 is 0 Å². The summed E-state index contributed by atoms with van der Waals surface area (Å²) in [4.78, 5) is 15.1. The predicted octanol–water partition coefficient (Wildman–Crippen LogP) is 5.83. The summed E-state index contributed by atoms with van der Waals surface area (Å²) in [6.07, 6.45) is 5.13. The molecule has 0 saturated heterocycles. The number of aryl methyl sites for hydroxylation is 1. The Kier molecular flexibility index (Phi) is 14.4. The molecule has 1 aromatic heterocycles. The minimum atomic E-state index is -0.176. The molecule has 1 rings (SSSR count). The van der Waals surface area contributed by atoms with Crippen LogP contribution in [-0.4, -0.2) is 11.3 Å². The van der Waals surface area contributed by atoms with Gasteiger partial charge in [-0.25, -0.2) is 4.98 Å². The first kappa shape index (κ1) is 21.6. The van der Waals surface area contributed by atoms with Crippen LogP contribution in [0.3, 0.4) is 0 Å². The van der Waals surface area contributed by atoms with Crippen LogP contribution >= 0.6 is 15.9 Å². The number of aromatic nitrogens is 1. The van der Waals surface area contributed by atoms with E-state index in [-0.39, 0.29) is 5.41 Å². The van der Waals surface area contributed by atoms with E-state index in [0.717, 1.165) is 42.3 Å². The molecule has 0 fully saturated rings. The normalized spacial score (nSPS) is 9.75. The minimum absolute atomic E-state index is 0.176. The van der Waals surface area contributed by atoms with E-state index >= 15 is 0 Å². The number of hydrogen-bond donors (Lipinski definition) is 0. The quantitative estimate of drug-likeness (QED) is 0.369. The first-order valence-corrected chi connectivity index (χ1v) is 8.40. The van der Waals surface area contributed by atoms with E-state index in [0.29, 0.717) is 0 Å². The third-order valence-corrected chi connectivity index (χ3v) is 3.04. The lowest BCUT2D eigenvalue weighted by Gasteiger charge is -2.15. The van der Waals surface area contributed by atoms with Gasteiger partial charge in [0.2, 0.25) is 0 Å². The van der Waals surface area contributed by atoms with Crippen molar-refractivity contribution < 1.29 is 4.79 Å². The zero-order valence-electron chi connectivity index (χ0n) is 13.9. The van der Waals surface area contributed by atoms with Gasteiger partial charge in [0.25, 0.3) is 0 Å². The van der Waals surface area contributed by atoms with Gasteiger partial charge in [-0.3, -0.25) is 0 Å². The number of aldehydes is 1. The average Bonchev–Trinajstić information content (AvgIpc) is 2.48. The molecule has 0 N–H and O–H groups in total. The molecule has 0 radical (unpaired) electrons. The number of unbranched alkanes of at least 4 members (excludes halogenated alkanes) is 1. The van der Waals surface area contributed by atoms with Crippen molar-refractivity contribution in [1.29, 1.82) is 0 Å². The Morgan fingerprint density at radius 1 is 1.15 bits per heavy atom. The number of hydrogen-bond acceptors (Lipinski definition) is 2. The standard InChI is InChI=1S/C13H18BrNO.2C2H6/c1-13(2,10-16)9-4-3-6-11-7-5-8-12(14)15-11;2*1-2/h5,7-8,10H,3-4,6,9H2,1-2H3;2*1-2H3. The van der Waals surface area contributed by atoms with Crippen molar-refractivity contribution in [2.45, 2.75) is 67.2 Å². The lowest BCUT2D eigenvalue weighted by atomic mass is 9.89. The first-order valence-electron chi connectivity index (χ1n) is 7.61. The molecular formula is C17H30BrNO. The van der Waals surface area contributed by atoms with Crippen LogP contribution in [0.1, 0.15) is 66.5 Å². The Labute approximate surface area is 133 Å². The van der Waals surface area contributed by atoms with Gasteiger partial charge in [-0.15, -0.1) is 0 Å². The van der Waals surface area contributed by atoms with Gasteiger partial charge in [0.1, 0.15) is 10.9 Å². The van der Waals surface area contributed by atoms with E-state index in [1.165, 1.54) is 0 Å². The van der Waals surface area contributed by atoms with Crippen LogP contribution in [0.4, 0.5) is 0 Å². The summed E-state index contributed by atoms with van der Waals surface area (Å²) in [5, 5.41) is 0. The predicted molar refractivity (Wildman–Crippen MR) is 92.0 cm³/mol. The van der Waals surface area contributed by atoms with Crippen molar-refractivity contribution in [3.05, 3.63) is 28.5 Å². The largest absolute Gasteiger partial charge is 0.303 e.